The molecule has 134 valence electrons. The third-order valence-electron chi connectivity index (χ3n) is 5.04. The van der Waals surface area contributed by atoms with Crippen LogP contribution < -0.4 is 5.32 Å². The first kappa shape index (κ1) is 17.6. The average molecular weight is 374 g/mol. The molecule has 1 fully saturated rings. The number of amides is 1. The number of hydrogen-bond donors (Lipinski definition) is 1. The van der Waals surface area contributed by atoms with Crippen LogP contribution in [0.25, 0.3) is 10.8 Å². The van der Waals surface area contributed by atoms with E-state index in [1.165, 1.54) is 12.8 Å². The molecule has 3 aromatic rings. The summed E-state index contributed by atoms with van der Waals surface area (Å²) in [5, 5.41) is 5.94. The van der Waals surface area contributed by atoms with Gasteiger partial charge in [0.2, 0.25) is 0 Å². The molecule has 0 aliphatic heterocycles. The highest BCUT2D eigenvalue weighted by Crippen LogP contribution is 2.24. The van der Waals surface area contributed by atoms with Crippen molar-refractivity contribution < 1.29 is 4.79 Å². The summed E-state index contributed by atoms with van der Waals surface area (Å²) in [6, 6.07) is 19.6. The molecule has 3 heteroatoms. The summed E-state index contributed by atoms with van der Waals surface area (Å²) in [5.74, 6) is 6.39. The van der Waals surface area contributed by atoms with Crippen LogP contribution in [0.2, 0.25) is 5.02 Å². The summed E-state index contributed by atoms with van der Waals surface area (Å²) in [4.78, 5) is 12.9. The zero-order valence-electron chi connectivity index (χ0n) is 15.0. The zero-order valence-corrected chi connectivity index (χ0v) is 15.7. The molecule has 0 unspecified atom stereocenters. The van der Waals surface area contributed by atoms with Gasteiger partial charge in [-0.15, -0.1) is 0 Å². The Morgan fingerprint density at radius 1 is 0.926 bits per heavy atom. The van der Waals surface area contributed by atoms with Crippen LogP contribution in [-0.2, 0) is 0 Å². The second-order valence-corrected chi connectivity index (χ2v) is 7.36. The number of benzene rings is 3. The first-order valence-corrected chi connectivity index (χ1v) is 9.69. The van der Waals surface area contributed by atoms with E-state index in [-0.39, 0.29) is 11.9 Å². The lowest BCUT2D eigenvalue weighted by molar-refractivity contribution is 0.0938. The number of fused-ring (bicyclic) bond motifs is 1. The van der Waals surface area contributed by atoms with Crippen LogP contribution in [0.1, 0.15) is 47.2 Å². The predicted octanol–water partition coefficient (Wildman–Crippen LogP) is 5.57. The number of hydrogen-bond acceptors (Lipinski definition) is 1. The molecule has 0 radical (unpaired) electrons. The lowest BCUT2D eigenvalue weighted by Crippen LogP contribution is -2.33. The number of carbonyl (C=O) groups is 1. The van der Waals surface area contributed by atoms with Crippen LogP contribution >= 0.6 is 11.6 Å². The topological polar surface area (TPSA) is 29.1 Å². The van der Waals surface area contributed by atoms with Gasteiger partial charge in [-0.1, -0.05) is 66.6 Å². The molecule has 1 aliphatic rings. The molecule has 1 N–H and O–H groups in total. The highest BCUT2D eigenvalue weighted by Gasteiger charge is 2.20. The van der Waals surface area contributed by atoms with Crippen molar-refractivity contribution in [2.45, 2.75) is 31.7 Å². The number of halogens is 1. The monoisotopic (exact) mass is 373 g/mol. The maximum atomic E-state index is 12.9. The van der Waals surface area contributed by atoms with Crippen LogP contribution in [0, 0.1) is 11.8 Å². The van der Waals surface area contributed by atoms with Gasteiger partial charge >= 0.3 is 0 Å². The SMILES string of the molecule is O=C(NC1CCCC1)c1ccc2ccccc2c1C#Cc1ccc(Cl)cc1. The first-order chi connectivity index (χ1) is 13.2. The van der Waals surface area contributed by atoms with Gasteiger partial charge in [0.05, 0.1) is 5.56 Å². The van der Waals surface area contributed by atoms with Gasteiger partial charge in [0.25, 0.3) is 5.91 Å². The predicted molar refractivity (Wildman–Crippen MR) is 111 cm³/mol. The van der Waals surface area contributed by atoms with Gasteiger partial charge in [-0.2, -0.15) is 0 Å². The average Bonchev–Trinajstić information content (AvgIpc) is 3.20. The summed E-state index contributed by atoms with van der Waals surface area (Å²) in [7, 11) is 0. The highest BCUT2D eigenvalue weighted by molar-refractivity contribution is 6.30. The van der Waals surface area contributed by atoms with E-state index < -0.39 is 0 Å². The maximum absolute atomic E-state index is 12.9. The molecule has 0 bridgehead atoms. The minimum atomic E-state index is -0.0342. The fraction of sp³-hybridized carbons (Fsp3) is 0.208. The molecule has 0 atom stereocenters. The molecule has 0 aromatic heterocycles. The minimum absolute atomic E-state index is 0.0342. The Balaban J connectivity index is 1.76. The Hall–Kier alpha value is -2.76. The van der Waals surface area contributed by atoms with Crippen LogP contribution in [-0.4, -0.2) is 11.9 Å². The van der Waals surface area contributed by atoms with Crippen molar-refractivity contribution in [1.82, 2.24) is 5.32 Å². The van der Waals surface area contributed by atoms with Crippen LogP contribution in [0.3, 0.4) is 0 Å². The number of nitrogens with one attached hydrogen (secondary N) is 1. The van der Waals surface area contributed by atoms with Gasteiger partial charge in [0.15, 0.2) is 0 Å². The van der Waals surface area contributed by atoms with E-state index in [4.69, 9.17) is 11.6 Å². The highest BCUT2D eigenvalue weighted by atomic mass is 35.5. The molecule has 27 heavy (non-hydrogen) atoms. The molecule has 0 spiro atoms. The summed E-state index contributed by atoms with van der Waals surface area (Å²) >= 11 is 5.95. The van der Waals surface area contributed by atoms with Gasteiger partial charge < -0.3 is 5.32 Å². The standard InChI is InChI=1S/C24H20ClNO/c25-19-13-9-17(10-14-19)11-15-22-21-8-4-1-5-18(21)12-16-23(22)24(27)26-20-6-2-3-7-20/h1,4-5,8-10,12-14,16,20H,2-3,6-7H2,(H,26,27). The fourth-order valence-electron chi connectivity index (χ4n) is 3.60. The molecule has 4 rings (SSSR count). The Bertz CT molecular complexity index is 1040. The van der Waals surface area contributed by atoms with Crippen LogP contribution in [0.15, 0.2) is 60.7 Å². The second-order valence-electron chi connectivity index (χ2n) is 6.92. The van der Waals surface area contributed by atoms with E-state index in [2.05, 4.69) is 17.2 Å². The Kier molecular flexibility index (Phi) is 5.14. The molecule has 0 heterocycles. The van der Waals surface area contributed by atoms with Crippen LogP contribution in [0.5, 0.6) is 0 Å². The lowest BCUT2D eigenvalue weighted by Gasteiger charge is -2.14. The van der Waals surface area contributed by atoms with Gasteiger partial charge in [-0.3, -0.25) is 4.79 Å². The smallest absolute Gasteiger partial charge is 0.252 e. The lowest BCUT2D eigenvalue weighted by atomic mass is 9.98. The van der Waals surface area contributed by atoms with E-state index in [0.717, 1.165) is 34.7 Å². The van der Waals surface area contributed by atoms with Gasteiger partial charge in [-0.05, 0) is 53.9 Å². The third-order valence-corrected chi connectivity index (χ3v) is 5.29. The van der Waals surface area contributed by atoms with Crippen molar-refractivity contribution in [3.63, 3.8) is 0 Å². The zero-order chi connectivity index (χ0) is 18.6. The largest absolute Gasteiger partial charge is 0.349 e. The molecule has 1 aliphatic carbocycles. The Morgan fingerprint density at radius 3 is 2.44 bits per heavy atom. The van der Waals surface area contributed by atoms with Crippen molar-refractivity contribution in [3.05, 3.63) is 82.4 Å². The quantitative estimate of drug-likeness (QED) is 0.585. The normalized spacial score (nSPS) is 14.0. The minimum Gasteiger partial charge on any atom is -0.349 e. The Labute approximate surface area is 164 Å². The van der Waals surface area contributed by atoms with Gasteiger partial charge in [-0.25, -0.2) is 0 Å². The molecule has 3 aromatic carbocycles. The van der Waals surface area contributed by atoms with Gasteiger partial charge in [0, 0.05) is 22.2 Å². The summed E-state index contributed by atoms with van der Waals surface area (Å²) in [6.45, 7) is 0. The summed E-state index contributed by atoms with van der Waals surface area (Å²) < 4.78 is 0. The molecule has 2 nitrogen and oxygen atoms in total. The fourth-order valence-corrected chi connectivity index (χ4v) is 3.72. The van der Waals surface area contributed by atoms with Gasteiger partial charge in [0.1, 0.15) is 0 Å². The van der Waals surface area contributed by atoms with Crippen molar-refractivity contribution in [2.24, 2.45) is 0 Å². The first-order valence-electron chi connectivity index (χ1n) is 9.31. The Morgan fingerprint density at radius 2 is 1.67 bits per heavy atom. The molecule has 1 saturated carbocycles. The second kappa shape index (κ2) is 7.86. The number of carbonyl (C=O) groups excluding carboxylic acids is 1. The summed E-state index contributed by atoms with van der Waals surface area (Å²) in [5.41, 5.74) is 2.29. The van der Waals surface area contributed by atoms with Crippen molar-refractivity contribution in [1.29, 1.82) is 0 Å². The van der Waals surface area contributed by atoms with Crippen molar-refractivity contribution >= 4 is 28.3 Å². The van der Waals surface area contributed by atoms with E-state index >= 15 is 0 Å². The molecule has 1 amide bonds. The van der Waals surface area contributed by atoms with E-state index in [0.29, 0.717) is 10.6 Å². The van der Waals surface area contributed by atoms with Crippen molar-refractivity contribution in [2.75, 3.05) is 0 Å². The molecule has 0 saturated heterocycles. The van der Waals surface area contributed by atoms with E-state index in [9.17, 15) is 4.79 Å². The van der Waals surface area contributed by atoms with E-state index in [1.54, 1.807) is 0 Å². The van der Waals surface area contributed by atoms with E-state index in [1.807, 2.05) is 60.7 Å². The van der Waals surface area contributed by atoms with Crippen LogP contribution in [0.4, 0.5) is 0 Å². The number of rotatable bonds is 2. The third kappa shape index (κ3) is 3.99. The molecular formula is C24H20ClNO. The summed E-state index contributed by atoms with van der Waals surface area (Å²) in [6.07, 6.45) is 4.49. The van der Waals surface area contributed by atoms with Crippen molar-refractivity contribution in [3.8, 4) is 11.8 Å². The maximum Gasteiger partial charge on any atom is 0.252 e. The molecular weight excluding hydrogens is 354 g/mol.